The average molecular weight is 271 g/mol. The first-order valence-electron chi connectivity index (χ1n) is 6.00. The smallest absolute Gasteiger partial charge is 0.336 e. The highest BCUT2D eigenvalue weighted by atomic mass is 16.6. The van der Waals surface area contributed by atoms with Crippen LogP contribution in [0.4, 0.5) is 5.69 Å². The van der Waals surface area contributed by atoms with Gasteiger partial charge in [-0.05, 0) is 36.6 Å². The van der Waals surface area contributed by atoms with E-state index in [2.05, 4.69) is 0 Å². The normalized spacial score (nSPS) is 10.3. The van der Waals surface area contributed by atoms with E-state index in [1.165, 1.54) is 18.2 Å². The third kappa shape index (κ3) is 2.38. The summed E-state index contributed by atoms with van der Waals surface area (Å²) in [6.45, 7) is 3.78. The number of carboxylic acid groups (broad SMARTS) is 1. The van der Waals surface area contributed by atoms with E-state index in [1.54, 1.807) is 6.07 Å². The predicted molar refractivity (Wildman–Crippen MR) is 75.0 cm³/mol. The van der Waals surface area contributed by atoms with Gasteiger partial charge < -0.3 is 5.11 Å². The van der Waals surface area contributed by atoms with Crippen molar-refractivity contribution in [2.75, 3.05) is 0 Å². The Morgan fingerprint density at radius 1 is 1.15 bits per heavy atom. The molecule has 0 spiro atoms. The molecule has 0 atom stereocenters. The van der Waals surface area contributed by atoms with Gasteiger partial charge in [0.1, 0.15) is 0 Å². The van der Waals surface area contributed by atoms with Gasteiger partial charge in [0.05, 0.1) is 10.5 Å². The van der Waals surface area contributed by atoms with Gasteiger partial charge >= 0.3 is 5.97 Å². The molecule has 0 aromatic heterocycles. The number of carbonyl (C=O) groups is 1. The van der Waals surface area contributed by atoms with Crippen molar-refractivity contribution in [2.45, 2.75) is 13.8 Å². The van der Waals surface area contributed by atoms with Crippen LogP contribution in [0.15, 0.2) is 36.4 Å². The highest BCUT2D eigenvalue weighted by Crippen LogP contribution is 2.31. The topological polar surface area (TPSA) is 80.4 Å². The van der Waals surface area contributed by atoms with E-state index in [4.69, 9.17) is 0 Å². The van der Waals surface area contributed by atoms with Crippen molar-refractivity contribution in [1.29, 1.82) is 0 Å². The van der Waals surface area contributed by atoms with Crippen LogP contribution in [0.25, 0.3) is 11.1 Å². The van der Waals surface area contributed by atoms with E-state index in [9.17, 15) is 20.0 Å². The Kier molecular flexibility index (Phi) is 3.52. The number of nitro groups is 1. The standard InChI is InChI=1S/C15H13NO4/c1-9-4-3-5-12(10(9)2)14-8-11(16(19)20)6-7-13(14)15(17)18/h3-8H,1-2H3,(H,17,18). The minimum Gasteiger partial charge on any atom is -0.478 e. The van der Waals surface area contributed by atoms with Crippen LogP contribution in [-0.4, -0.2) is 16.0 Å². The van der Waals surface area contributed by atoms with Crippen LogP contribution in [0, 0.1) is 24.0 Å². The fourth-order valence-corrected chi connectivity index (χ4v) is 2.10. The minimum atomic E-state index is -1.10. The van der Waals surface area contributed by atoms with E-state index < -0.39 is 10.9 Å². The molecule has 0 amide bonds. The van der Waals surface area contributed by atoms with Crippen molar-refractivity contribution >= 4 is 11.7 Å². The van der Waals surface area contributed by atoms with E-state index in [0.29, 0.717) is 11.1 Å². The molecule has 20 heavy (non-hydrogen) atoms. The molecule has 0 unspecified atom stereocenters. The number of hydrogen-bond donors (Lipinski definition) is 1. The summed E-state index contributed by atoms with van der Waals surface area (Å²) in [5.74, 6) is -1.10. The number of nitro benzene ring substituents is 1. The number of non-ortho nitro benzene ring substituents is 1. The van der Waals surface area contributed by atoms with E-state index >= 15 is 0 Å². The summed E-state index contributed by atoms with van der Waals surface area (Å²) in [4.78, 5) is 21.7. The second-order valence-corrected chi connectivity index (χ2v) is 4.54. The molecule has 102 valence electrons. The number of benzene rings is 2. The number of aryl methyl sites for hydroxylation is 1. The zero-order valence-corrected chi connectivity index (χ0v) is 11.1. The molecule has 0 aliphatic carbocycles. The lowest BCUT2D eigenvalue weighted by atomic mass is 9.93. The van der Waals surface area contributed by atoms with Gasteiger partial charge in [-0.1, -0.05) is 18.2 Å². The van der Waals surface area contributed by atoms with Gasteiger partial charge in [-0.25, -0.2) is 4.79 Å². The summed E-state index contributed by atoms with van der Waals surface area (Å²) in [6, 6.07) is 9.29. The second kappa shape index (κ2) is 5.13. The fraction of sp³-hybridized carbons (Fsp3) is 0.133. The predicted octanol–water partition coefficient (Wildman–Crippen LogP) is 3.58. The summed E-state index contributed by atoms with van der Waals surface area (Å²) in [5, 5.41) is 20.1. The molecule has 2 aromatic carbocycles. The number of carboxylic acids is 1. The molecular weight excluding hydrogens is 258 g/mol. The van der Waals surface area contributed by atoms with Gasteiger partial charge in [0, 0.05) is 17.7 Å². The van der Waals surface area contributed by atoms with Crippen LogP contribution in [0.5, 0.6) is 0 Å². The molecule has 0 heterocycles. The van der Waals surface area contributed by atoms with Gasteiger partial charge in [-0.2, -0.15) is 0 Å². The molecule has 2 rings (SSSR count). The summed E-state index contributed by atoms with van der Waals surface area (Å²) in [5.41, 5.74) is 2.93. The lowest BCUT2D eigenvalue weighted by Gasteiger charge is -2.11. The Labute approximate surface area is 115 Å². The molecular formula is C15H13NO4. The molecule has 0 aliphatic rings. The van der Waals surface area contributed by atoms with Gasteiger partial charge in [0.2, 0.25) is 0 Å². The van der Waals surface area contributed by atoms with Crippen LogP contribution in [0.1, 0.15) is 21.5 Å². The molecule has 0 radical (unpaired) electrons. The zero-order valence-electron chi connectivity index (χ0n) is 11.1. The summed E-state index contributed by atoms with van der Waals surface area (Å²) >= 11 is 0. The first kappa shape index (κ1) is 13.7. The van der Waals surface area contributed by atoms with Crippen LogP contribution < -0.4 is 0 Å². The van der Waals surface area contributed by atoms with Crippen molar-refractivity contribution in [3.8, 4) is 11.1 Å². The number of hydrogen-bond acceptors (Lipinski definition) is 3. The highest BCUT2D eigenvalue weighted by molar-refractivity contribution is 5.97. The largest absolute Gasteiger partial charge is 0.478 e. The molecule has 1 N–H and O–H groups in total. The quantitative estimate of drug-likeness (QED) is 0.683. The average Bonchev–Trinajstić information content (AvgIpc) is 2.41. The molecule has 2 aromatic rings. The van der Waals surface area contributed by atoms with Crippen molar-refractivity contribution in [3.63, 3.8) is 0 Å². The maximum absolute atomic E-state index is 11.3. The van der Waals surface area contributed by atoms with Crippen LogP contribution in [0.2, 0.25) is 0 Å². The minimum absolute atomic E-state index is 0.0595. The Morgan fingerprint density at radius 2 is 1.85 bits per heavy atom. The van der Waals surface area contributed by atoms with Crippen LogP contribution in [-0.2, 0) is 0 Å². The van der Waals surface area contributed by atoms with Crippen LogP contribution in [0.3, 0.4) is 0 Å². The first-order valence-corrected chi connectivity index (χ1v) is 6.00. The Morgan fingerprint density at radius 3 is 2.45 bits per heavy atom. The Balaban J connectivity index is 2.76. The number of aromatic carboxylic acids is 1. The molecule has 0 aliphatic heterocycles. The molecule has 5 nitrogen and oxygen atoms in total. The van der Waals surface area contributed by atoms with E-state index in [-0.39, 0.29) is 11.3 Å². The molecule has 0 saturated heterocycles. The van der Waals surface area contributed by atoms with Gasteiger partial charge in [-0.3, -0.25) is 10.1 Å². The van der Waals surface area contributed by atoms with Crippen molar-refractivity contribution < 1.29 is 14.8 Å². The van der Waals surface area contributed by atoms with Crippen molar-refractivity contribution in [3.05, 3.63) is 63.2 Å². The number of nitrogens with zero attached hydrogens (tertiary/aromatic N) is 1. The number of rotatable bonds is 3. The monoisotopic (exact) mass is 271 g/mol. The zero-order chi connectivity index (χ0) is 14.9. The third-order valence-corrected chi connectivity index (χ3v) is 3.34. The molecule has 0 fully saturated rings. The van der Waals surface area contributed by atoms with E-state index in [1.807, 2.05) is 26.0 Å². The summed E-state index contributed by atoms with van der Waals surface area (Å²) in [6.07, 6.45) is 0. The second-order valence-electron chi connectivity index (χ2n) is 4.54. The van der Waals surface area contributed by atoms with Crippen molar-refractivity contribution in [2.24, 2.45) is 0 Å². The van der Waals surface area contributed by atoms with E-state index in [0.717, 1.165) is 11.1 Å². The maximum Gasteiger partial charge on any atom is 0.336 e. The SMILES string of the molecule is Cc1cccc(-c2cc([N+](=O)[O-])ccc2C(=O)O)c1C. The fourth-order valence-electron chi connectivity index (χ4n) is 2.10. The molecule has 0 bridgehead atoms. The van der Waals surface area contributed by atoms with Gasteiger partial charge in [0.25, 0.3) is 5.69 Å². The molecule has 5 heteroatoms. The first-order chi connectivity index (χ1) is 9.41. The lowest BCUT2D eigenvalue weighted by Crippen LogP contribution is -2.02. The maximum atomic E-state index is 11.3. The Hall–Kier alpha value is -2.69. The summed E-state index contributed by atoms with van der Waals surface area (Å²) in [7, 11) is 0. The third-order valence-electron chi connectivity index (χ3n) is 3.34. The van der Waals surface area contributed by atoms with Crippen LogP contribution >= 0.6 is 0 Å². The Bertz CT molecular complexity index is 707. The molecule has 0 saturated carbocycles. The lowest BCUT2D eigenvalue weighted by molar-refractivity contribution is -0.384. The van der Waals surface area contributed by atoms with Gasteiger partial charge in [-0.15, -0.1) is 0 Å². The highest BCUT2D eigenvalue weighted by Gasteiger charge is 2.18. The van der Waals surface area contributed by atoms with Crippen molar-refractivity contribution in [1.82, 2.24) is 0 Å². The summed E-state index contributed by atoms with van der Waals surface area (Å²) < 4.78 is 0. The van der Waals surface area contributed by atoms with Gasteiger partial charge in [0.15, 0.2) is 0 Å².